The molecule has 24 heavy (non-hydrogen) atoms. The SMILES string of the molecule is CCNC(=NCCCc1cccc(F)c1)N(C)CCOCC1CC1. The molecule has 0 unspecified atom stereocenters. The van der Waals surface area contributed by atoms with Crippen LogP contribution >= 0.6 is 0 Å². The van der Waals surface area contributed by atoms with E-state index in [0.29, 0.717) is 0 Å². The molecule has 0 aliphatic heterocycles. The van der Waals surface area contributed by atoms with Gasteiger partial charge in [-0.2, -0.15) is 0 Å². The lowest BCUT2D eigenvalue weighted by Crippen LogP contribution is -2.40. The summed E-state index contributed by atoms with van der Waals surface area (Å²) in [6, 6.07) is 6.79. The number of hydrogen-bond acceptors (Lipinski definition) is 2. The molecule has 1 aliphatic rings. The summed E-state index contributed by atoms with van der Waals surface area (Å²) >= 11 is 0. The maximum atomic E-state index is 13.2. The number of rotatable bonds is 10. The van der Waals surface area contributed by atoms with Gasteiger partial charge in [-0.25, -0.2) is 4.39 Å². The van der Waals surface area contributed by atoms with Crippen LogP contribution in [0, 0.1) is 11.7 Å². The van der Waals surface area contributed by atoms with Gasteiger partial charge in [0.05, 0.1) is 6.61 Å². The third-order valence-electron chi connectivity index (χ3n) is 4.09. The summed E-state index contributed by atoms with van der Waals surface area (Å²) in [6.45, 7) is 6.11. The molecule has 134 valence electrons. The monoisotopic (exact) mass is 335 g/mol. The highest BCUT2D eigenvalue weighted by Crippen LogP contribution is 2.28. The molecule has 0 heterocycles. The Morgan fingerprint density at radius 1 is 1.42 bits per heavy atom. The lowest BCUT2D eigenvalue weighted by molar-refractivity contribution is 0.115. The Balaban J connectivity index is 1.69. The van der Waals surface area contributed by atoms with Gasteiger partial charge in [0, 0.05) is 33.3 Å². The highest BCUT2D eigenvalue weighted by Gasteiger charge is 2.21. The normalized spacial score (nSPS) is 14.7. The van der Waals surface area contributed by atoms with Crippen molar-refractivity contribution < 1.29 is 9.13 Å². The Morgan fingerprint density at radius 2 is 2.25 bits per heavy atom. The summed E-state index contributed by atoms with van der Waals surface area (Å²) in [5.74, 6) is 1.54. The molecule has 1 saturated carbocycles. The molecule has 5 heteroatoms. The third kappa shape index (κ3) is 7.30. The lowest BCUT2D eigenvalue weighted by Gasteiger charge is -2.22. The Hall–Kier alpha value is -1.62. The average molecular weight is 335 g/mol. The van der Waals surface area contributed by atoms with Gasteiger partial charge < -0.3 is 15.0 Å². The summed E-state index contributed by atoms with van der Waals surface area (Å²) < 4.78 is 18.8. The van der Waals surface area contributed by atoms with Gasteiger partial charge in [0.15, 0.2) is 5.96 Å². The number of likely N-dealkylation sites (N-methyl/N-ethyl adjacent to an activating group) is 1. The molecule has 1 fully saturated rings. The van der Waals surface area contributed by atoms with E-state index in [1.165, 1.54) is 18.9 Å². The van der Waals surface area contributed by atoms with Crippen molar-refractivity contribution in [2.75, 3.05) is 39.9 Å². The summed E-state index contributed by atoms with van der Waals surface area (Å²) in [4.78, 5) is 6.77. The molecule has 2 rings (SSSR count). The van der Waals surface area contributed by atoms with Crippen molar-refractivity contribution >= 4 is 5.96 Å². The highest BCUT2D eigenvalue weighted by molar-refractivity contribution is 5.79. The van der Waals surface area contributed by atoms with Crippen LogP contribution in [0.4, 0.5) is 4.39 Å². The Bertz CT molecular complexity index is 517. The van der Waals surface area contributed by atoms with Gasteiger partial charge in [0.2, 0.25) is 0 Å². The molecule has 1 aliphatic carbocycles. The quantitative estimate of drug-likeness (QED) is 0.406. The van der Waals surface area contributed by atoms with Crippen LogP contribution in [-0.2, 0) is 11.2 Å². The largest absolute Gasteiger partial charge is 0.379 e. The number of hydrogen-bond donors (Lipinski definition) is 1. The standard InChI is InChI=1S/C19H30FN3O/c1-3-21-19(23(2)12-13-24-15-17-9-10-17)22-11-5-7-16-6-4-8-18(20)14-16/h4,6,8,14,17H,3,5,7,9-13,15H2,1-2H3,(H,21,22). The average Bonchev–Trinajstić information content (AvgIpc) is 3.38. The van der Waals surface area contributed by atoms with Gasteiger partial charge in [-0.3, -0.25) is 4.99 Å². The molecule has 1 aromatic rings. The predicted octanol–water partition coefficient (Wildman–Crippen LogP) is 3.08. The number of nitrogens with one attached hydrogen (secondary N) is 1. The maximum Gasteiger partial charge on any atom is 0.193 e. The zero-order chi connectivity index (χ0) is 17.2. The molecule has 0 atom stereocenters. The second-order valence-electron chi connectivity index (χ2n) is 6.41. The zero-order valence-electron chi connectivity index (χ0n) is 14.9. The van der Waals surface area contributed by atoms with Crippen molar-refractivity contribution in [3.63, 3.8) is 0 Å². The van der Waals surface area contributed by atoms with Crippen molar-refractivity contribution in [1.82, 2.24) is 10.2 Å². The topological polar surface area (TPSA) is 36.9 Å². The van der Waals surface area contributed by atoms with Crippen LogP contribution in [-0.4, -0.2) is 50.8 Å². The van der Waals surface area contributed by atoms with Gasteiger partial charge in [-0.1, -0.05) is 12.1 Å². The minimum Gasteiger partial charge on any atom is -0.379 e. The smallest absolute Gasteiger partial charge is 0.193 e. The van der Waals surface area contributed by atoms with Gasteiger partial charge in [0.25, 0.3) is 0 Å². The molecule has 4 nitrogen and oxygen atoms in total. The van der Waals surface area contributed by atoms with Gasteiger partial charge in [-0.05, 0) is 56.2 Å². The van der Waals surface area contributed by atoms with E-state index in [2.05, 4.69) is 22.1 Å². The second-order valence-corrected chi connectivity index (χ2v) is 6.41. The molecular formula is C19H30FN3O. The third-order valence-corrected chi connectivity index (χ3v) is 4.09. The van der Waals surface area contributed by atoms with Crippen LogP contribution in [0.15, 0.2) is 29.3 Å². The van der Waals surface area contributed by atoms with E-state index in [9.17, 15) is 4.39 Å². The van der Waals surface area contributed by atoms with Gasteiger partial charge >= 0.3 is 0 Å². The van der Waals surface area contributed by atoms with E-state index in [1.54, 1.807) is 12.1 Å². The first-order valence-electron chi connectivity index (χ1n) is 9.00. The molecule has 0 amide bonds. The number of aliphatic imine (C=N–C) groups is 1. The lowest BCUT2D eigenvalue weighted by atomic mass is 10.1. The van der Waals surface area contributed by atoms with E-state index in [1.807, 2.05) is 13.1 Å². The van der Waals surface area contributed by atoms with Gasteiger partial charge in [-0.15, -0.1) is 0 Å². The van der Waals surface area contributed by atoms with Crippen molar-refractivity contribution in [2.45, 2.75) is 32.6 Å². The van der Waals surface area contributed by atoms with Crippen LogP contribution in [0.1, 0.15) is 31.7 Å². The number of nitrogens with zero attached hydrogens (tertiary/aromatic N) is 2. The number of halogens is 1. The fourth-order valence-electron chi connectivity index (χ4n) is 2.47. The van der Waals surface area contributed by atoms with E-state index < -0.39 is 0 Å². The first-order chi connectivity index (χ1) is 11.7. The van der Waals surface area contributed by atoms with Crippen LogP contribution < -0.4 is 5.32 Å². The number of guanidine groups is 1. The minimum atomic E-state index is -0.171. The minimum absolute atomic E-state index is 0.171. The first-order valence-corrected chi connectivity index (χ1v) is 9.00. The van der Waals surface area contributed by atoms with Crippen LogP contribution in [0.2, 0.25) is 0 Å². The second kappa shape index (κ2) is 10.3. The number of ether oxygens (including phenoxy) is 1. The van der Waals surface area contributed by atoms with E-state index in [4.69, 9.17) is 4.74 Å². The summed E-state index contributed by atoms with van der Waals surface area (Å²) in [7, 11) is 2.04. The van der Waals surface area contributed by atoms with Crippen LogP contribution in [0.5, 0.6) is 0 Å². The van der Waals surface area contributed by atoms with Crippen molar-refractivity contribution in [2.24, 2.45) is 10.9 Å². The Kier molecular flexibility index (Phi) is 8.02. The molecule has 0 radical (unpaired) electrons. The Labute approximate surface area is 145 Å². The van der Waals surface area contributed by atoms with E-state index in [0.717, 1.165) is 63.1 Å². The molecular weight excluding hydrogens is 305 g/mol. The summed E-state index contributed by atoms with van der Waals surface area (Å²) in [5.41, 5.74) is 1.03. The number of aryl methyl sites for hydroxylation is 1. The molecule has 0 bridgehead atoms. The fourth-order valence-corrected chi connectivity index (χ4v) is 2.47. The van der Waals surface area contributed by atoms with Crippen molar-refractivity contribution in [3.05, 3.63) is 35.6 Å². The highest BCUT2D eigenvalue weighted by atomic mass is 19.1. The molecule has 1 aromatic carbocycles. The van der Waals surface area contributed by atoms with E-state index >= 15 is 0 Å². The van der Waals surface area contributed by atoms with Crippen LogP contribution in [0.3, 0.4) is 0 Å². The predicted molar refractivity (Wildman–Crippen MR) is 96.9 cm³/mol. The number of benzene rings is 1. The maximum absolute atomic E-state index is 13.2. The molecule has 0 spiro atoms. The zero-order valence-corrected chi connectivity index (χ0v) is 14.9. The molecule has 1 N–H and O–H groups in total. The fraction of sp³-hybridized carbons (Fsp3) is 0.632. The Morgan fingerprint density at radius 3 is 2.96 bits per heavy atom. The summed E-state index contributed by atoms with van der Waals surface area (Å²) in [5, 5.41) is 3.31. The van der Waals surface area contributed by atoms with Crippen molar-refractivity contribution in [3.8, 4) is 0 Å². The van der Waals surface area contributed by atoms with E-state index in [-0.39, 0.29) is 5.82 Å². The molecule has 0 saturated heterocycles. The molecule has 0 aromatic heterocycles. The first kappa shape index (κ1) is 18.7. The summed E-state index contributed by atoms with van der Waals surface area (Å²) in [6.07, 6.45) is 4.40. The van der Waals surface area contributed by atoms with Gasteiger partial charge in [0.1, 0.15) is 5.82 Å². The van der Waals surface area contributed by atoms with Crippen molar-refractivity contribution in [1.29, 1.82) is 0 Å². The van der Waals surface area contributed by atoms with Crippen LogP contribution in [0.25, 0.3) is 0 Å².